The lowest BCUT2D eigenvalue weighted by molar-refractivity contribution is -0.119. The number of nitrogens with zero attached hydrogens (tertiary/aromatic N) is 2. The first-order chi connectivity index (χ1) is 8.51. The maximum atomic E-state index is 13.6. The van der Waals surface area contributed by atoms with Crippen LogP contribution in [-0.2, 0) is 4.79 Å². The predicted molar refractivity (Wildman–Crippen MR) is 63.0 cm³/mol. The number of carbonyl (C=O) groups is 1. The van der Waals surface area contributed by atoms with Gasteiger partial charge in [-0.05, 0) is 19.1 Å². The van der Waals surface area contributed by atoms with Gasteiger partial charge in [0.1, 0.15) is 6.07 Å². The molecule has 18 heavy (non-hydrogen) atoms. The highest BCUT2D eigenvalue weighted by Gasteiger charge is 2.17. The number of amides is 1. The second-order valence-corrected chi connectivity index (χ2v) is 3.68. The van der Waals surface area contributed by atoms with E-state index in [1.54, 1.807) is 13.0 Å². The van der Waals surface area contributed by atoms with Gasteiger partial charge in [-0.2, -0.15) is 5.26 Å². The largest absolute Gasteiger partial charge is 0.363 e. The number of carbonyl (C=O) groups excluding carboxylic acids is 1. The zero-order valence-corrected chi connectivity index (χ0v) is 10.1. The van der Waals surface area contributed by atoms with Crippen LogP contribution in [0.15, 0.2) is 12.1 Å². The van der Waals surface area contributed by atoms with Crippen LogP contribution in [-0.4, -0.2) is 26.0 Å². The molecule has 0 aromatic heterocycles. The first kappa shape index (κ1) is 13.9. The van der Waals surface area contributed by atoms with Crippen LogP contribution >= 0.6 is 0 Å². The summed E-state index contributed by atoms with van der Waals surface area (Å²) < 4.78 is 27.0. The van der Waals surface area contributed by atoms with Gasteiger partial charge in [0, 0.05) is 13.6 Å². The smallest absolute Gasteiger partial charge is 0.239 e. The minimum atomic E-state index is -1.20. The van der Waals surface area contributed by atoms with Crippen molar-refractivity contribution in [3.05, 3.63) is 29.3 Å². The molecule has 0 saturated heterocycles. The highest BCUT2D eigenvalue weighted by Crippen LogP contribution is 2.22. The maximum Gasteiger partial charge on any atom is 0.239 e. The lowest BCUT2D eigenvalue weighted by Crippen LogP contribution is -2.35. The third kappa shape index (κ3) is 2.94. The summed E-state index contributed by atoms with van der Waals surface area (Å²) in [7, 11) is 1.47. The van der Waals surface area contributed by atoms with Crippen molar-refractivity contribution < 1.29 is 13.6 Å². The van der Waals surface area contributed by atoms with Crippen molar-refractivity contribution in [2.45, 2.75) is 6.92 Å². The molecule has 0 radical (unpaired) electrons. The number of hydrogen-bond donors (Lipinski definition) is 1. The summed E-state index contributed by atoms with van der Waals surface area (Å²) in [6.45, 7) is 2.15. The van der Waals surface area contributed by atoms with E-state index in [4.69, 9.17) is 5.26 Å². The number of likely N-dealkylation sites (N-methyl/N-ethyl adjacent to an activating group) is 2. The van der Waals surface area contributed by atoms with E-state index in [0.717, 1.165) is 0 Å². The van der Waals surface area contributed by atoms with Gasteiger partial charge in [-0.15, -0.1) is 0 Å². The number of rotatable bonds is 4. The van der Waals surface area contributed by atoms with E-state index in [9.17, 15) is 13.6 Å². The Morgan fingerprint density at radius 2 is 2.11 bits per heavy atom. The molecule has 0 atom stereocenters. The summed E-state index contributed by atoms with van der Waals surface area (Å²) >= 11 is 0. The van der Waals surface area contributed by atoms with E-state index in [0.29, 0.717) is 6.54 Å². The number of halogens is 2. The molecule has 0 unspecified atom stereocenters. The molecule has 0 aliphatic heterocycles. The van der Waals surface area contributed by atoms with Gasteiger partial charge in [0.2, 0.25) is 5.91 Å². The van der Waals surface area contributed by atoms with Crippen LogP contribution in [0.4, 0.5) is 14.5 Å². The van der Waals surface area contributed by atoms with Crippen LogP contribution in [0.1, 0.15) is 12.5 Å². The van der Waals surface area contributed by atoms with Crippen molar-refractivity contribution in [3.8, 4) is 6.07 Å². The molecule has 1 aromatic carbocycles. The third-order valence-corrected chi connectivity index (χ3v) is 2.35. The molecule has 0 spiro atoms. The minimum Gasteiger partial charge on any atom is -0.363 e. The Labute approximate surface area is 104 Å². The van der Waals surface area contributed by atoms with Crippen molar-refractivity contribution in [3.63, 3.8) is 0 Å². The van der Waals surface area contributed by atoms with Gasteiger partial charge in [0.25, 0.3) is 0 Å². The molecule has 1 N–H and O–H groups in total. The summed E-state index contributed by atoms with van der Waals surface area (Å²) in [4.78, 5) is 12.6. The van der Waals surface area contributed by atoms with E-state index >= 15 is 0 Å². The summed E-state index contributed by atoms with van der Waals surface area (Å²) in [5, 5.41) is 11.1. The van der Waals surface area contributed by atoms with Crippen LogP contribution in [0.2, 0.25) is 0 Å². The van der Waals surface area contributed by atoms with E-state index in [1.807, 2.05) is 0 Å². The van der Waals surface area contributed by atoms with Gasteiger partial charge in [0.15, 0.2) is 11.6 Å². The van der Waals surface area contributed by atoms with Crippen molar-refractivity contribution >= 4 is 11.6 Å². The quantitative estimate of drug-likeness (QED) is 0.882. The Hall–Kier alpha value is -2.16. The summed E-state index contributed by atoms with van der Waals surface area (Å²) in [6, 6.07) is 4.01. The molecular weight excluding hydrogens is 240 g/mol. The van der Waals surface area contributed by atoms with Gasteiger partial charge in [-0.25, -0.2) is 8.78 Å². The van der Waals surface area contributed by atoms with E-state index in [2.05, 4.69) is 5.32 Å². The predicted octanol–water partition coefficient (Wildman–Crippen LogP) is 1.41. The van der Waals surface area contributed by atoms with Gasteiger partial charge in [0.05, 0.1) is 17.8 Å². The molecule has 0 fully saturated rings. The number of nitrogens with one attached hydrogen (secondary N) is 1. The van der Waals surface area contributed by atoms with E-state index in [1.165, 1.54) is 24.1 Å². The highest BCUT2D eigenvalue weighted by atomic mass is 19.2. The number of nitriles is 1. The Balaban J connectivity index is 2.94. The molecule has 1 aromatic rings. The first-order valence-corrected chi connectivity index (χ1v) is 5.37. The molecule has 1 rings (SSSR count). The summed E-state index contributed by atoms with van der Waals surface area (Å²) in [5.41, 5.74) is -0.416. The van der Waals surface area contributed by atoms with Crippen molar-refractivity contribution in [2.24, 2.45) is 0 Å². The lowest BCUT2D eigenvalue weighted by atomic mass is 10.2. The fourth-order valence-corrected chi connectivity index (χ4v) is 1.47. The monoisotopic (exact) mass is 253 g/mol. The zero-order chi connectivity index (χ0) is 13.7. The van der Waals surface area contributed by atoms with Gasteiger partial charge >= 0.3 is 0 Å². The van der Waals surface area contributed by atoms with Crippen LogP contribution in [0.5, 0.6) is 0 Å². The molecule has 0 aliphatic rings. The second kappa shape index (κ2) is 5.96. The highest BCUT2D eigenvalue weighted by molar-refractivity contribution is 5.81. The topological polar surface area (TPSA) is 56.1 Å². The Morgan fingerprint density at radius 1 is 1.44 bits per heavy atom. The molecule has 0 bridgehead atoms. The van der Waals surface area contributed by atoms with Crippen molar-refractivity contribution in [2.75, 3.05) is 25.0 Å². The van der Waals surface area contributed by atoms with Gasteiger partial charge < -0.3 is 10.2 Å². The Morgan fingerprint density at radius 3 is 2.67 bits per heavy atom. The standard InChI is InChI=1S/C12H13F2N3O/c1-3-16-10(18)7-17(2)9-5-4-8(6-15)11(13)12(9)14/h4-5H,3,7H2,1-2H3,(H,16,18). The van der Waals surface area contributed by atoms with Crippen LogP contribution in [0.25, 0.3) is 0 Å². The van der Waals surface area contributed by atoms with Crippen molar-refractivity contribution in [1.29, 1.82) is 5.26 Å². The van der Waals surface area contributed by atoms with Gasteiger partial charge in [-0.1, -0.05) is 0 Å². The molecule has 6 heteroatoms. The second-order valence-electron chi connectivity index (χ2n) is 3.68. The van der Waals surface area contributed by atoms with E-state index in [-0.39, 0.29) is 23.7 Å². The third-order valence-electron chi connectivity index (χ3n) is 2.35. The fraction of sp³-hybridized carbons (Fsp3) is 0.333. The number of benzene rings is 1. The summed E-state index contributed by atoms with van der Waals surface area (Å²) in [6.07, 6.45) is 0. The molecular formula is C12H13F2N3O. The molecule has 96 valence electrons. The van der Waals surface area contributed by atoms with Gasteiger partial charge in [-0.3, -0.25) is 4.79 Å². The maximum absolute atomic E-state index is 13.6. The minimum absolute atomic E-state index is 0.0576. The van der Waals surface area contributed by atoms with Crippen LogP contribution < -0.4 is 10.2 Å². The van der Waals surface area contributed by atoms with E-state index < -0.39 is 11.6 Å². The summed E-state index contributed by atoms with van der Waals surface area (Å²) in [5.74, 6) is -2.61. The Kier molecular flexibility index (Phi) is 4.60. The normalized spacial score (nSPS) is 9.72. The van der Waals surface area contributed by atoms with Crippen molar-refractivity contribution in [1.82, 2.24) is 5.32 Å². The average molecular weight is 253 g/mol. The fourth-order valence-electron chi connectivity index (χ4n) is 1.47. The first-order valence-electron chi connectivity index (χ1n) is 5.37. The molecule has 0 aliphatic carbocycles. The van der Waals surface area contributed by atoms with Crippen LogP contribution in [0, 0.1) is 23.0 Å². The number of hydrogen-bond acceptors (Lipinski definition) is 3. The average Bonchev–Trinajstić information content (AvgIpc) is 2.32. The molecule has 1 amide bonds. The van der Waals surface area contributed by atoms with Crippen LogP contribution in [0.3, 0.4) is 0 Å². The zero-order valence-electron chi connectivity index (χ0n) is 10.1. The molecule has 0 heterocycles. The molecule has 4 nitrogen and oxygen atoms in total. The lowest BCUT2D eigenvalue weighted by Gasteiger charge is -2.19. The number of anilines is 1. The molecule has 0 saturated carbocycles. The Bertz CT molecular complexity index is 497. The SMILES string of the molecule is CCNC(=O)CN(C)c1ccc(C#N)c(F)c1F.